The maximum atomic E-state index is 12.2. The van der Waals surface area contributed by atoms with Crippen molar-refractivity contribution < 1.29 is 19.4 Å². The summed E-state index contributed by atoms with van der Waals surface area (Å²) in [6, 6.07) is 8.14. The molecule has 9 heteroatoms. The van der Waals surface area contributed by atoms with Crippen molar-refractivity contribution in [3.05, 3.63) is 47.7 Å². The number of aromatic nitrogens is 2. The molecular weight excluding hydrogens is 368 g/mol. The van der Waals surface area contributed by atoms with Gasteiger partial charge in [-0.3, -0.25) is 4.79 Å². The standard InChI is InChI=1S/C18H22N4O4S/c1-3-26-17(25)14-10-20-18(27-2)22-15(14)19-9-13(11-23)21-16(24)12-7-5-4-6-8-12/h4-8,10,13,23H,3,9,11H2,1-2H3,(H,21,24)(H,19,20,22). The number of thioether (sulfide) groups is 1. The van der Waals surface area contributed by atoms with Gasteiger partial charge in [-0.05, 0) is 25.3 Å². The Labute approximate surface area is 161 Å². The van der Waals surface area contributed by atoms with Gasteiger partial charge in [0.2, 0.25) is 0 Å². The average Bonchev–Trinajstić information content (AvgIpc) is 2.71. The first kappa shape index (κ1) is 20.7. The lowest BCUT2D eigenvalue weighted by molar-refractivity contribution is 0.0526. The fourth-order valence-corrected chi connectivity index (χ4v) is 2.54. The van der Waals surface area contributed by atoms with E-state index in [1.807, 2.05) is 12.3 Å². The third kappa shape index (κ3) is 5.93. The molecule has 0 saturated heterocycles. The van der Waals surface area contributed by atoms with Gasteiger partial charge in [-0.2, -0.15) is 0 Å². The second-order valence-corrected chi connectivity index (χ2v) is 6.21. The van der Waals surface area contributed by atoms with Crippen molar-refractivity contribution in [1.29, 1.82) is 0 Å². The van der Waals surface area contributed by atoms with Gasteiger partial charge in [-0.15, -0.1) is 0 Å². The van der Waals surface area contributed by atoms with Gasteiger partial charge < -0.3 is 20.5 Å². The molecule has 0 spiro atoms. The molecule has 0 saturated carbocycles. The zero-order chi connectivity index (χ0) is 19.6. The van der Waals surface area contributed by atoms with Crippen LogP contribution in [-0.4, -0.2) is 59.0 Å². The molecule has 2 rings (SSSR count). The van der Waals surface area contributed by atoms with Crippen LogP contribution < -0.4 is 10.6 Å². The average molecular weight is 390 g/mol. The third-order valence-corrected chi connectivity index (χ3v) is 4.11. The second-order valence-electron chi connectivity index (χ2n) is 5.44. The van der Waals surface area contributed by atoms with Crippen LogP contribution in [0.4, 0.5) is 5.82 Å². The summed E-state index contributed by atoms with van der Waals surface area (Å²) in [4.78, 5) is 32.7. The highest BCUT2D eigenvalue weighted by Gasteiger charge is 2.18. The van der Waals surface area contributed by atoms with Gasteiger partial charge >= 0.3 is 5.97 Å². The number of anilines is 1. The van der Waals surface area contributed by atoms with Crippen LogP contribution in [0.5, 0.6) is 0 Å². The Balaban J connectivity index is 2.08. The minimum absolute atomic E-state index is 0.173. The van der Waals surface area contributed by atoms with Gasteiger partial charge in [0, 0.05) is 18.3 Å². The SMILES string of the molecule is CCOC(=O)c1cnc(SC)nc1NCC(CO)NC(=O)c1ccccc1. The zero-order valence-electron chi connectivity index (χ0n) is 15.1. The Bertz CT molecular complexity index is 773. The van der Waals surface area contributed by atoms with Crippen LogP contribution in [0.15, 0.2) is 41.7 Å². The topological polar surface area (TPSA) is 113 Å². The number of rotatable bonds is 9. The summed E-state index contributed by atoms with van der Waals surface area (Å²) in [5.41, 5.74) is 0.690. The van der Waals surface area contributed by atoms with E-state index in [9.17, 15) is 14.7 Å². The van der Waals surface area contributed by atoms with Crippen molar-refractivity contribution in [2.24, 2.45) is 0 Å². The maximum Gasteiger partial charge on any atom is 0.343 e. The highest BCUT2D eigenvalue weighted by molar-refractivity contribution is 7.98. The van der Waals surface area contributed by atoms with Crippen molar-refractivity contribution >= 4 is 29.5 Å². The number of benzene rings is 1. The maximum absolute atomic E-state index is 12.2. The first-order valence-electron chi connectivity index (χ1n) is 8.37. The van der Waals surface area contributed by atoms with E-state index in [2.05, 4.69) is 20.6 Å². The predicted octanol–water partition coefficient (Wildman–Crippen LogP) is 1.58. The summed E-state index contributed by atoms with van der Waals surface area (Å²) in [6.45, 7) is 1.84. The van der Waals surface area contributed by atoms with Gasteiger partial charge in [0.25, 0.3) is 5.91 Å². The van der Waals surface area contributed by atoms with Crippen LogP contribution in [0.1, 0.15) is 27.6 Å². The number of nitrogens with one attached hydrogen (secondary N) is 2. The van der Waals surface area contributed by atoms with E-state index < -0.39 is 12.0 Å². The molecule has 1 atom stereocenters. The summed E-state index contributed by atoms with van der Waals surface area (Å²) in [5.74, 6) is -0.545. The molecular formula is C18H22N4O4S. The number of carbonyl (C=O) groups is 2. The molecule has 8 nitrogen and oxygen atoms in total. The lowest BCUT2D eigenvalue weighted by Gasteiger charge is -2.18. The molecule has 0 aliphatic heterocycles. The lowest BCUT2D eigenvalue weighted by Crippen LogP contribution is -2.42. The monoisotopic (exact) mass is 390 g/mol. The lowest BCUT2D eigenvalue weighted by atomic mass is 10.2. The molecule has 2 aromatic rings. The van der Waals surface area contributed by atoms with Crippen LogP contribution in [0.3, 0.4) is 0 Å². The first-order valence-corrected chi connectivity index (χ1v) is 9.60. The quantitative estimate of drug-likeness (QED) is 0.336. The number of amides is 1. The molecule has 0 fully saturated rings. The van der Waals surface area contributed by atoms with Gasteiger partial charge in [0.15, 0.2) is 5.16 Å². The van der Waals surface area contributed by atoms with Gasteiger partial charge in [-0.1, -0.05) is 30.0 Å². The third-order valence-electron chi connectivity index (χ3n) is 3.55. The summed E-state index contributed by atoms with van der Waals surface area (Å²) < 4.78 is 5.01. The van der Waals surface area contributed by atoms with E-state index in [-0.39, 0.29) is 31.2 Å². The van der Waals surface area contributed by atoms with Crippen LogP contribution >= 0.6 is 11.8 Å². The van der Waals surface area contributed by atoms with E-state index in [1.54, 1.807) is 31.2 Å². The van der Waals surface area contributed by atoms with Crippen molar-refractivity contribution in [3.8, 4) is 0 Å². The molecule has 144 valence electrons. The second kappa shape index (κ2) is 10.5. The van der Waals surface area contributed by atoms with E-state index in [0.29, 0.717) is 16.5 Å². The molecule has 1 aromatic carbocycles. The molecule has 0 bridgehead atoms. The fraction of sp³-hybridized carbons (Fsp3) is 0.333. The summed E-state index contributed by atoms with van der Waals surface area (Å²) >= 11 is 1.33. The Morgan fingerprint density at radius 3 is 2.67 bits per heavy atom. The molecule has 1 heterocycles. The molecule has 3 N–H and O–H groups in total. The normalized spacial score (nSPS) is 11.5. The van der Waals surface area contributed by atoms with Crippen molar-refractivity contribution in [2.75, 3.05) is 31.3 Å². The number of nitrogens with zero attached hydrogens (tertiary/aromatic N) is 2. The number of carbonyl (C=O) groups excluding carboxylic acids is 2. The number of ether oxygens (including phenoxy) is 1. The Morgan fingerprint density at radius 2 is 2.04 bits per heavy atom. The van der Waals surface area contributed by atoms with Gasteiger partial charge in [0.05, 0.1) is 19.3 Å². The van der Waals surface area contributed by atoms with Crippen molar-refractivity contribution in [3.63, 3.8) is 0 Å². The zero-order valence-corrected chi connectivity index (χ0v) is 16.0. The van der Waals surface area contributed by atoms with Crippen molar-refractivity contribution in [2.45, 2.75) is 18.1 Å². The first-order chi connectivity index (χ1) is 13.1. The van der Waals surface area contributed by atoms with Crippen LogP contribution in [0.2, 0.25) is 0 Å². The van der Waals surface area contributed by atoms with Gasteiger partial charge in [-0.25, -0.2) is 14.8 Å². The minimum Gasteiger partial charge on any atom is -0.462 e. The van der Waals surface area contributed by atoms with E-state index in [4.69, 9.17) is 4.74 Å². The number of esters is 1. The highest BCUT2D eigenvalue weighted by atomic mass is 32.2. The molecule has 1 unspecified atom stereocenters. The predicted molar refractivity (Wildman–Crippen MR) is 103 cm³/mol. The Kier molecular flexibility index (Phi) is 8.02. The fourth-order valence-electron chi connectivity index (χ4n) is 2.20. The van der Waals surface area contributed by atoms with Crippen LogP contribution in [0.25, 0.3) is 0 Å². The number of aliphatic hydroxyl groups is 1. The van der Waals surface area contributed by atoms with Crippen LogP contribution in [-0.2, 0) is 4.74 Å². The van der Waals surface area contributed by atoms with E-state index >= 15 is 0 Å². The highest BCUT2D eigenvalue weighted by Crippen LogP contribution is 2.17. The number of hydrogen-bond donors (Lipinski definition) is 3. The largest absolute Gasteiger partial charge is 0.462 e. The van der Waals surface area contributed by atoms with E-state index in [0.717, 1.165) is 0 Å². The molecule has 0 aliphatic rings. The number of hydrogen-bond acceptors (Lipinski definition) is 8. The van der Waals surface area contributed by atoms with Crippen LogP contribution in [0, 0.1) is 0 Å². The van der Waals surface area contributed by atoms with E-state index in [1.165, 1.54) is 18.0 Å². The molecule has 1 amide bonds. The molecule has 0 radical (unpaired) electrons. The smallest absolute Gasteiger partial charge is 0.343 e. The van der Waals surface area contributed by atoms with Crippen molar-refractivity contribution in [1.82, 2.24) is 15.3 Å². The Hall–Kier alpha value is -2.65. The molecule has 1 aromatic heterocycles. The minimum atomic E-state index is -0.569. The summed E-state index contributed by atoms with van der Waals surface area (Å²) in [5, 5.41) is 15.8. The van der Waals surface area contributed by atoms with Gasteiger partial charge in [0.1, 0.15) is 11.4 Å². The summed E-state index contributed by atoms with van der Waals surface area (Å²) in [7, 11) is 0. The number of aliphatic hydroxyl groups excluding tert-OH is 1. The summed E-state index contributed by atoms with van der Waals surface area (Å²) in [6.07, 6.45) is 3.22. The Morgan fingerprint density at radius 1 is 1.30 bits per heavy atom. The molecule has 27 heavy (non-hydrogen) atoms. The molecule has 0 aliphatic carbocycles.